The number of benzene rings is 3. The topological polar surface area (TPSA) is 150 Å². The summed E-state index contributed by atoms with van der Waals surface area (Å²) in [6.45, 7) is 10.5. The summed E-state index contributed by atoms with van der Waals surface area (Å²) in [4.78, 5) is 76.4. The van der Waals surface area contributed by atoms with Crippen LogP contribution in [0.2, 0.25) is 0 Å². The molecular formula is C45H44FN7O5. The number of nitriles is 1. The Kier molecular flexibility index (Phi) is 8.22. The van der Waals surface area contributed by atoms with Crippen LogP contribution in [-0.4, -0.2) is 95.0 Å². The van der Waals surface area contributed by atoms with E-state index in [-0.39, 0.29) is 41.8 Å². The van der Waals surface area contributed by atoms with Crippen molar-refractivity contribution in [2.45, 2.75) is 82.8 Å². The number of piperazine rings is 1. The normalized spacial score (nSPS) is 24.1. The number of aromatic amines is 1. The van der Waals surface area contributed by atoms with Crippen molar-refractivity contribution in [3.05, 3.63) is 92.9 Å². The van der Waals surface area contributed by atoms with Gasteiger partial charge < -0.3 is 14.8 Å². The fraction of sp³-hybridized carbons (Fsp3) is 0.422. The summed E-state index contributed by atoms with van der Waals surface area (Å²) in [5.74, 6) is -2.51. The molecular weight excluding hydrogens is 738 g/mol. The Morgan fingerprint density at radius 3 is 2.29 bits per heavy atom. The molecule has 5 fully saturated rings. The Morgan fingerprint density at radius 1 is 0.879 bits per heavy atom. The van der Waals surface area contributed by atoms with Crippen molar-refractivity contribution in [2.24, 2.45) is 5.92 Å². The Balaban J connectivity index is 0.807. The zero-order valence-electron chi connectivity index (χ0n) is 32.8. The van der Waals surface area contributed by atoms with Gasteiger partial charge in [-0.2, -0.15) is 5.26 Å². The number of piperidine rings is 3. The quantitative estimate of drug-likeness (QED) is 0.252. The molecule has 1 aromatic heterocycles. The smallest absolute Gasteiger partial charge is 0.262 e. The van der Waals surface area contributed by atoms with Gasteiger partial charge in [0.15, 0.2) is 5.78 Å². The lowest BCUT2D eigenvalue weighted by Crippen LogP contribution is -2.69. The van der Waals surface area contributed by atoms with Gasteiger partial charge in [-0.15, -0.1) is 0 Å². The number of H-pyrrole nitrogens is 1. The second-order valence-electron chi connectivity index (χ2n) is 17.5. The SMILES string of the molecule is CCc1cc2c(cc1N1CCC(CN3C4CC3CN(c3cc5c(cc3F)C(=O)N(C3CCC(=O)NC3=O)C5=O)C4)CC1)C(C)(C)c1[nH]c3cc(C#N)ccc3c1C2=O. The lowest BCUT2D eigenvalue weighted by atomic mass is 9.70. The van der Waals surface area contributed by atoms with Gasteiger partial charge in [0.2, 0.25) is 11.8 Å². The van der Waals surface area contributed by atoms with Crippen LogP contribution in [0.5, 0.6) is 0 Å². The number of ketones is 1. The van der Waals surface area contributed by atoms with Gasteiger partial charge in [0.1, 0.15) is 11.9 Å². The number of hydrogen-bond acceptors (Lipinski definition) is 9. The van der Waals surface area contributed by atoms with Crippen LogP contribution in [0.15, 0.2) is 42.5 Å². The van der Waals surface area contributed by atoms with E-state index < -0.39 is 40.9 Å². The Morgan fingerprint density at radius 2 is 1.60 bits per heavy atom. The summed E-state index contributed by atoms with van der Waals surface area (Å²) in [7, 11) is 0. The molecule has 3 unspecified atom stereocenters. The van der Waals surface area contributed by atoms with E-state index in [1.54, 1.807) is 6.07 Å². The van der Waals surface area contributed by atoms with E-state index >= 15 is 4.39 Å². The third-order valence-corrected chi connectivity index (χ3v) is 13.9. The highest BCUT2D eigenvalue weighted by Crippen LogP contribution is 2.46. The lowest BCUT2D eigenvalue weighted by molar-refractivity contribution is -0.136. The largest absolute Gasteiger partial charge is 0.371 e. The number of amides is 4. The number of imide groups is 2. The maximum atomic E-state index is 15.7. The first-order valence-electron chi connectivity index (χ1n) is 20.4. The van der Waals surface area contributed by atoms with Crippen LogP contribution >= 0.6 is 0 Å². The van der Waals surface area contributed by atoms with Crippen LogP contribution in [0.25, 0.3) is 10.9 Å². The summed E-state index contributed by atoms with van der Waals surface area (Å²) >= 11 is 0. The number of carbonyl (C=O) groups is 5. The fourth-order valence-electron chi connectivity index (χ4n) is 10.7. The third kappa shape index (κ3) is 5.37. The van der Waals surface area contributed by atoms with Crippen molar-refractivity contribution in [3.63, 3.8) is 0 Å². The molecule has 4 aromatic rings. The first-order chi connectivity index (χ1) is 27.9. The third-order valence-electron chi connectivity index (χ3n) is 13.9. The van der Waals surface area contributed by atoms with Crippen molar-refractivity contribution >= 4 is 51.7 Å². The van der Waals surface area contributed by atoms with E-state index in [2.05, 4.69) is 59.1 Å². The number of nitrogens with zero attached hydrogens (tertiary/aromatic N) is 5. The standard InChI is InChI=1S/C45H44FN7O5/c1-4-25-14-31-32(45(2,3)41-39(40(31)55)28-6-5-24(19-47)13-34(28)48-41)18-36(25)50-11-9-23(10-12-50)20-52-26-15-27(52)22-51(21-26)37-17-30-29(16-33(37)46)43(57)53(44(30)58)35-7-8-38(54)49-42(35)56/h5-6,13-14,16-18,23,26-27,35,48H,4,7-12,15,20-22H2,1-3H3,(H,49,54,56). The van der Waals surface area contributed by atoms with Crippen molar-refractivity contribution in [1.82, 2.24) is 20.1 Å². The molecule has 0 saturated carbocycles. The molecule has 0 spiro atoms. The van der Waals surface area contributed by atoms with Crippen LogP contribution in [0, 0.1) is 23.1 Å². The molecule has 2 bridgehead atoms. The monoisotopic (exact) mass is 781 g/mol. The summed E-state index contributed by atoms with van der Waals surface area (Å²) < 4.78 is 15.7. The number of carbonyl (C=O) groups excluding carboxylic acids is 5. The maximum Gasteiger partial charge on any atom is 0.262 e. The molecule has 1 aliphatic carbocycles. The van der Waals surface area contributed by atoms with Crippen LogP contribution in [0.3, 0.4) is 0 Å². The molecule has 13 heteroatoms. The number of aromatic nitrogens is 1. The Hall–Kier alpha value is -5.87. The number of anilines is 2. The average Bonchev–Trinajstić information content (AvgIpc) is 3.73. The highest BCUT2D eigenvalue weighted by Gasteiger charge is 2.48. The van der Waals surface area contributed by atoms with E-state index in [1.165, 1.54) is 17.3 Å². The number of aryl methyl sites for hydroxylation is 1. The van der Waals surface area contributed by atoms with Gasteiger partial charge in [0.05, 0.1) is 34.0 Å². The fourth-order valence-corrected chi connectivity index (χ4v) is 10.7. The van der Waals surface area contributed by atoms with Crippen LogP contribution in [-0.2, 0) is 21.4 Å². The van der Waals surface area contributed by atoms with Gasteiger partial charge >= 0.3 is 0 Å². The van der Waals surface area contributed by atoms with Gasteiger partial charge in [-0.25, -0.2) is 4.39 Å². The molecule has 0 radical (unpaired) electrons. The zero-order chi connectivity index (χ0) is 40.4. The number of hydrogen-bond donors (Lipinski definition) is 2. The van der Waals surface area contributed by atoms with Crippen LogP contribution in [0.1, 0.15) is 112 Å². The average molecular weight is 782 g/mol. The predicted octanol–water partition coefficient (Wildman–Crippen LogP) is 5.19. The molecule has 5 saturated heterocycles. The number of fused-ring (bicyclic) bond motifs is 7. The van der Waals surface area contributed by atoms with E-state index in [4.69, 9.17) is 0 Å². The highest BCUT2D eigenvalue weighted by atomic mass is 19.1. The molecule has 296 valence electrons. The maximum absolute atomic E-state index is 15.7. The molecule has 2 N–H and O–H groups in total. The van der Waals surface area contributed by atoms with Crippen molar-refractivity contribution in [2.75, 3.05) is 42.5 Å². The molecule has 7 heterocycles. The van der Waals surface area contributed by atoms with Crippen molar-refractivity contribution in [1.29, 1.82) is 5.26 Å². The van der Waals surface area contributed by atoms with E-state index in [0.29, 0.717) is 35.8 Å². The number of nitrogens with one attached hydrogen (secondary N) is 2. The first kappa shape index (κ1) is 36.5. The molecule has 3 aromatic carbocycles. The highest BCUT2D eigenvalue weighted by molar-refractivity contribution is 6.24. The van der Waals surface area contributed by atoms with Gasteiger partial charge in [-0.3, -0.25) is 39.1 Å². The molecule has 58 heavy (non-hydrogen) atoms. The van der Waals surface area contributed by atoms with Crippen LogP contribution < -0.4 is 15.1 Å². The number of halogens is 1. The van der Waals surface area contributed by atoms with Crippen molar-refractivity contribution in [3.8, 4) is 6.07 Å². The van der Waals surface area contributed by atoms with Crippen molar-refractivity contribution < 1.29 is 28.4 Å². The zero-order valence-corrected chi connectivity index (χ0v) is 32.8. The summed E-state index contributed by atoms with van der Waals surface area (Å²) in [6, 6.07) is 14.1. The molecule has 3 atom stereocenters. The minimum atomic E-state index is -1.10. The molecule has 12 nitrogen and oxygen atoms in total. The second-order valence-corrected chi connectivity index (χ2v) is 17.5. The van der Waals surface area contributed by atoms with Gasteiger partial charge in [0, 0.05) is 84.5 Å². The minimum absolute atomic E-state index is 0.0206. The Labute approximate surface area is 334 Å². The van der Waals surface area contributed by atoms with Crippen LogP contribution in [0.4, 0.5) is 15.8 Å². The lowest BCUT2D eigenvalue weighted by Gasteiger charge is -2.58. The predicted molar refractivity (Wildman–Crippen MR) is 214 cm³/mol. The second kappa shape index (κ2) is 13.1. The van der Waals surface area contributed by atoms with E-state index in [0.717, 1.165) is 84.0 Å². The molecule has 11 rings (SSSR count). The number of rotatable bonds is 6. The summed E-state index contributed by atoms with van der Waals surface area (Å²) in [6.07, 6.45) is 3.98. The summed E-state index contributed by atoms with van der Waals surface area (Å²) in [5, 5.41) is 12.5. The van der Waals surface area contributed by atoms with E-state index in [1.807, 2.05) is 17.0 Å². The Bertz CT molecular complexity index is 2550. The van der Waals surface area contributed by atoms with Gasteiger partial charge in [0.25, 0.3) is 11.8 Å². The molecule has 6 aliphatic heterocycles. The molecule has 7 aliphatic rings. The first-order valence-corrected chi connectivity index (χ1v) is 20.4. The molecule has 4 amide bonds. The minimum Gasteiger partial charge on any atom is -0.371 e. The van der Waals surface area contributed by atoms with Gasteiger partial charge in [-0.05, 0) is 85.5 Å². The van der Waals surface area contributed by atoms with Gasteiger partial charge in [-0.1, -0.05) is 26.8 Å². The van der Waals surface area contributed by atoms with E-state index in [9.17, 15) is 29.2 Å². The summed E-state index contributed by atoms with van der Waals surface area (Å²) in [5.41, 5.74) is 6.98.